The van der Waals surface area contributed by atoms with Crippen LogP contribution in [-0.4, -0.2) is 38.5 Å². The number of rotatable bonds is 7. The van der Waals surface area contributed by atoms with Crippen LogP contribution in [0.2, 0.25) is 0 Å². The summed E-state index contributed by atoms with van der Waals surface area (Å²) in [5, 5.41) is 22.5. The molecule has 0 saturated carbocycles. The summed E-state index contributed by atoms with van der Waals surface area (Å²) in [6, 6.07) is 6.02. The number of aromatic nitrogens is 3. The van der Waals surface area contributed by atoms with Crippen LogP contribution in [-0.2, 0) is 11.8 Å². The van der Waals surface area contributed by atoms with E-state index in [0.29, 0.717) is 16.7 Å². The van der Waals surface area contributed by atoms with Gasteiger partial charge in [-0.2, -0.15) is 0 Å². The second-order valence-electron chi connectivity index (χ2n) is 5.73. The number of carbonyl (C=O) groups excluding carboxylic acids is 1. The molecule has 3 rings (SSSR count). The molecule has 146 valence electrons. The number of aryl methyl sites for hydroxylation is 1. The van der Waals surface area contributed by atoms with Gasteiger partial charge in [-0.1, -0.05) is 11.8 Å². The summed E-state index contributed by atoms with van der Waals surface area (Å²) in [6.07, 6.45) is 1.57. The van der Waals surface area contributed by atoms with Gasteiger partial charge in [-0.15, -0.1) is 10.2 Å². The highest BCUT2D eigenvalue weighted by atomic mass is 32.2. The molecule has 0 aliphatic carbocycles. The average Bonchev–Trinajstić information content (AvgIpc) is 3.25. The number of nitro groups is 1. The molecule has 1 amide bonds. The number of hydrogen-bond donors (Lipinski definition) is 1. The number of hydrogen-bond acceptors (Lipinski definition) is 8. The Hall–Kier alpha value is -3.34. The topological polar surface area (TPSA) is 125 Å². The fourth-order valence-electron chi connectivity index (χ4n) is 2.50. The Morgan fingerprint density at radius 3 is 2.82 bits per heavy atom. The summed E-state index contributed by atoms with van der Waals surface area (Å²) in [7, 11) is 3.20. The van der Waals surface area contributed by atoms with Crippen molar-refractivity contribution in [1.82, 2.24) is 14.8 Å². The van der Waals surface area contributed by atoms with Gasteiger partial charge in [-0.3, -0.25) is 14.9 Å². The van der Waals surface area contributed by atoms with Crippen LogP contribution in [0.1, 0.15) is 5.76 Å². The van der Waals surface area contributed by atoms with Gasteiger partial charge < -0.3 is 19.0 Å². The van der Waals surface area contributed by atoms with Crippen molar-refractivity contribution in [2.45, 2.75) is 12.1 Å². The summed E-state index contributed by atoms with van der Waals surface area (Å²) in [5.74, 6) is 1.29. The molecule has 11 heteroatoms. The van der Waals surface area contributed by atoms with Gasteiger partial charge in [0, 0.05) is 7.05 Å². The summed E-state index contributed by atoms with van der Waals surface area (Å²) in [4.78, 5) is 22.9. The van der Waals surface area contributed by atoms with Crippen molar-refractivity contribution in [3.63, 3.8) is 0 Å². The number of thioether (sulfide) groups is 1. The zero-order valence-corrected chi connectivity index (χ0v) is 16.1. The molecule has 2 aromatic heterocycles. The smallest absolute Gasteiger partial charge is 0.296 e. The van der Waals surface area contributed by atoms with E-state index in [2.05, 4.69) is 15.5 Å². The molecular formula is C17H17N5O5S. The number of furan rings is 1. The predicted molar refractivity (Wildman–Crippen MR) is 102 cm³/mol. The molecule has 0 aliphatic heterocycles. The zero-order chi connectivity index (χ0) is 20.3. The lowest BCUT2D eigenvalue weighted by molar-refractivity contribution is -0.384. The third kappa shape index (κ3) is 3.98. The first-order chi connectivity index (χ1) is 13.4. The van der Waals surface area contributed by atoms with Crippen molar-refractivity contribution in [2.24, 2.45) is 7.05 Å². The number of carbonyl (C=O) groups is 1. The van der Waals surface area contributed by atoms with Gasteiger partial charge >= 0.3 is 0 Å². The number of ether oxygens (including phenoxy) is 1. The van der Waals surface area contributed by atoms with Crippen LogP contribution in [0.25, 0.3) is 11.4 Å². The van der Waals surface area contributed by atoms with E-state index in [9.17, 15) is 14.9 Å². The SMILES string of the molecule is COc1ccc(NC(=O)CSc2nnc(-c3ccoc3C)n2C)c([N+](=O)[O-])c1. The maximum atomic E-state index is 12.3. The number of nitrogens with one attached hydrogen (secondary N) is 1. The van der Waals surface area contributed by atoms with Crippen molar-refractivity contribution in [1.29, 1.82) is 0 Å². The van der Waals surface area contributed by atoms with E-state index in [4.69, 9.17) is 9.15 Å². The van der Waals surface area contributed by atoms with Crippen LogP contribution in [0.3, 0.4) is 0 Å². The molecule has 2 heterocycles. The molecule has 0 saturated heterocycles. The lowest BCUT2D eigenvalue weighted by Crippen LogP contribution is -2.15. The van der Waals surface area contributed by atoms with Gasteiger partial charge in [0.05, 0.1) is 35.7 Å². The minimum Gasteiger partial charge on any atom is -0.496 e. The number of methoxy groups -OCH3 is 1. The molecule has 0 aliphatic rings. The average molecular weight is 403 g/mol. The Morgan fingerprint density at radius 2 is 2.18 bits per heavy atom. The van der Waals surface area contributed by atoms with Crippen LogP contribution < -0.4 is 10.1 Å². The van der Waals surface area contributed by atoms with Crippen LogP contribution in [0.5, 0.6) is 5.75 Å². The van der Waals surface area contributed by atoms with Gasteiger partial charge in [0.25, 0.3) is 5.69 Å². The molecule has 1 N–H and O–H groups in total. The Kier molecular flexibility index (Phi) is 5.64. The van der Waals surface area contributed by atoms with Crippen molar-refractivity contribution in [2.75, 3.05) is 18.2 Å². The van der Waals surface area contributed by atoms with Crippen LogP contribution in [0.15, 0.2) is 40.1 Å². The third-order valence-corrected chi connectivity index (χ3v) is 4.96. The normalized spacial score (nSPS) is 10.7. The third-order valence-electron chi connectivity index (χ3n) is 3.94. The van der Waals surface area contributed by atoms with Crippen molar-refractivity contribution >= 4 is 29.0 Å². The molecule has 10 nitrogen and oxygen atoms in total. The molecule has 3 aromatic rings. The first-order valence-electron chi connectivity index (χ1n) is 8.09. The highest BCUT2D eigenvalue weighted by molar-refractivity contribution is 7.99. The monoisotopic (exact) mass is 403 g/mol. The van der Waals surface area contributed by atoms with Crippen LogP contribution >= 0.6 is 11.8 Å². The molecule has 1 aromatic carbocycles. The molecular weight excluding hydrogens is 386 g/mol. The lowest BCUT2D eigenvalue weighted by atomic mass is 10.2. The second-order valence-corrected chi connectivity index (χ2v) is 6.68. The first kappa shape index (κ1) is 19.4. The number of nitro benzene ring substituents is 1. The van der Waals surface area contributed by atoms with E-state index in [0.717, 1.165) is 11.3 Å². The van der Waals surface area contributed by atoms with E-state index in [-0.39, 0.29) is 17.1 Å². The largest absolute Gasteiger partial charge is 0.496 e. The van der Waals surface area contributed by atoms with Gasteiger partial charge in [0.1, 0.15) is 17.2 Å². The Balaban J connectivity index is 1.68. The van der Waals surface area contributed by atoms with Gasteiger partial charge in [-0.05, 0) is 25.1 Å². The summed E-state index contributed by atoms with van der Waals surface area (Å²) in [5.41, 5.74) is 0.679. The number of nitrogens with zero attached hydrogens (tertiary/aromatic N) is 4. The van der Waals surface area contributed by atoms with E-state index in [1.807, 2.05) is 6.92 Å². The minimum absolute atomic E-state index is 0.0134. The van der Waals surface area contributed by atoms with Crippen molar-refractivity contribution < 1.29 is 18.9 Å². The maximum Gasteiger partial charge on any atom is 0.296 e. The Bertz CT molecular complexity index is 1030. The maximum absolute atomic E-state index is 12.3. The summed E-state index contributed by atoms with van der Waals surface area (Å²) < 4.78 is 12.0. The van der Waals surface area contributed by atoms with Gasteiger partial charge in [0.2, 0.25) is 5.91 Å². The summed E-state index contributed by atoms with van der Waals surface area (Å²) in [6.45, 7) is 1.83. The number of amides is 1. The minimum atomic E-state index is -0.576. The summed E-state index contributed by atoms with van der Waals surface area (Å²) >= 11 is 1.17. The fourth-order valence-corrected chi connectivity index (χ4v) is 3.21. The van der Waals surface area contributed by atoms with E-state index in [1.165, 1.54) is 37.1 Å². The van der Waals surface area contributed by atoms with Gasteiger partial charge in [-0.25, -0.2) is 0 Å². The molecule has 0 spiro atoms. The zero-order valence-electron chi connectivity index (χ0n) is 15.3. The molecule has 0 unspecified atom stereocenters. The van der Waals surface area contributed by atoms with E-state index >= 15 is 0 Å². The molecule has 0 radical (unpaired) electrons. The molecule has 0 atom stereocenters. The number of benzene rings is 1. The highest BCUT2D eigenvalue weighted by Gasteiger charge is 2.19. The number of anilines is 1. The van der Waals surface area contributed by atoms with Crippen LogP contribution in [0, 0.1) is 17.0 Å². The van der Waals surface area contributed by atoms with Crippen LogP contribution in [0.4, 0.5) is 11.4 Å². The Labute approximate surface area is 164 Å². The molecule has 28 heavy (non-hydrogen) atoms. The van der Waals surface area contributed by atoms with Crippen molar-refractivity contribution in [3.8, 4) is 17.1 Å². The van der Waals surface area contributed by atoms with Crippen molar-refractivity contribution in [3.05, 3.63) is 46.4 Å². The quantitative estimate of drug-likeness (QED) is 0.362. The molecule has 0 bridgehead atoms. The first-order valence-corrected chi connectivity index (χ1v) is 9.08. The fraction of sp³-hybridized carbons (Fsp3) is 0.235. The second kappa shape index (κ2) is 8.13. The highest BCUT2D eigenvalue weighted by Crippen LogP contribution is 2.30. The van der Waals surface area contributed by atoms with Gasteiger partial charge in [0.15, 0.2) is 11.0 Å². The van der Waals surface area contributed by atoms with E-state index in [1.54, 1.807) is 23.9 Å². The predicted octanol–water partition coefficient (Wildman–Crippen LogP) is 3.03. The standard InChI is InChI=1S/C17H17N5O5S/c1-10-12(6-7-27-10)16-19-20-17(21(16)2)28-9-15(23)18-13-5-4-11(26-3)8-14(13)22(24)25/h4-8H,9H2,1-3H3,(H,18,23). The lowest BCUT2D eigenvalue weighted by Gasteiger charge is -2.07. The molecule has 0 fully saturated rings. The van der Waals surface area contributed by atoms with E-state index < -0.39 is 10.8 Å². The Morgan fingerprint density at radius 1 is 1.39 bits per heavy atom.